The maximum absolute atomic E-state index is 12.1. The number of nitrogens with zero attached hydrogens (tertiary/aromatic N) is 3. The van der Waals surface area contributed by atoms with E-state index in [1.807, 2.05) is 20.8 Å². The lowest BCUT2D eigenvalue weighted by atomic mass is 9.92. The number of nitro benzene ring substituents is 1. The Kier molecular flexibility index (Phi) is 5.08. The summed E-state index contributed by atoms with van der Waals surface area (Å²) in [6.45, 7) is 6.02. The summed E-state index contributed by atoms with van der Waals surface area (Å²) in [5.74, 6) is 0.210. The number of amides is 1. The van der Waals surface area contributed by atoms with Crippen molar-refractivity contribution in [1.82, 2.24) is 15.6 Å². The van der Waals surface area contributed by atoms with Gasteiger partial charge in [0.15, 0.2) is 5.69 Å². The molecule has 2 aromatic heterocycles. The van der Waals surface area contributed by atoms with Crippen molar-refractivity contribution >= 4 is 17.8 Å². The first kappa shape index (κ1) is 19.0. The average Bonchev–Trinajstić information content (AvgIpc) is 3.31. The molecule has 0 fully saturated rings. The first-order valence-corrected chi connectivity index (χ1v) is 8.48. The number of H-pyrrole nitrogens is 1. The van der Waals surface area contributed by atoms with E-state index in [4.69, 9.17) is 4.42 Å². The Labute approximate surface area is 160 Å². The molecule has 0 aliphatic heterocycles. The standard InChI is InChI=1S/C19H19N5O4/c1-19(2,3)17-10-14(21-22-17)18(25)23-20-11-12-8-9-16(28-12)13-6-4-5-7-15(13)24(26)27/h4-11H,1-3H3,(H,21,22)(H,23,25). The number of aromatic nitrogens is 2. The van der Waals surface area contributed by atoms with Crippen LogP contribution in [0.1, 0.15) is 42.7 Å². The smallest absolute Gasteiger partial charge is 0.291 e. The van der Waals surface area contributed by atoms with Crippen molar-refractivity contribution in [2.45, 2.75) is 26.2 Å². The molecule has 0 spiro atoms. The van der Waals surface area contributed by atoms with Crippen LogP contribution in [0.25, 0.3) is 11.3 Å². The topological polar surface area (TPSA) is 126 Å². The molecule has 1 amide bonds. The minimum absolute atomic E-state index is 0.0539. The second-order valence-corrected chi connectivity index (χ2v) is 7.09. The number of furan rings is 1. The summed E-state index contributed by atoms with van der Waals surface area (Å²) in [7, 11) is 0. The van der Waals surface area contributed by atoms with E-state index in [2.05, 4.69) is 20.7 Å². The van der Waals surface area contributed by atoms with Gasteiger partial charge in [-0.05, 0) is 24.3 Å². The Balaban J connectivity index is 1.69. The molecule has 0 bridgehead atoms. The highest BCUT2D eigenvalue weighted by atomic mass is 16.6. The van der Waals surface area contributed by atoms with Crippen molar-refractivity contribution in [2.24, 2.45) is 5.10 Å². The van der Waals surface area contributed by atoms with Gasteiger partial charge in [0.1, 0.15) is 11.5 Å². The fraction of sp³-hybridized carbons (Fsp3) is 0.211. The van der Waals surface area contributed by atoms with Crippen molar-refractivity contribution in [3.05, 3.63) is 69.7 Å². The molecule has 0 radical (unpaired) electrons. The first-order valence-electron chi connectivity index (χ1n) is 8.48. The lowest BCUT2D eigenvalue weighted by Gasteiger charge is -2.14. The molecule has 2 N–H and O–H groups in total. The Hall–Kier alpha value is -3.75. The van der Waals surface area contributed by atoms with E-state index in [-0.39, 0.29) is 16.8 Å². The van der Waals surface area contributed by atoms with Crippen molar-refractivity contribution in [1.29, 1.82) is 0 Å². The quantitative estimate of drug-likeness (QED) is 0.396. The number of carbonyl (C=O) groups is 1. The summed E-state index contributed by atoms with van der Waals surface area (Å²) in [4.78, 5) is 22.8. The lowest BCUT2D eigenvalue weighted by Crippen LogP contribution is -2.18. The maximum Gasteiger partial charge on any atom is 0.291 e. The van der Waals surface area contributed by atoms with E-state index in [1.54, 1.807) is 36.4 Å². The van der Waals surface area contributed by atoms with Gasteiger partial charge in [0.25, 0.3) is 11.6 Å². The second kappa shape index (κ2) is 7.47. The molecule has 0 aliphatic rings. The van der Waals surface area contributed by atoms with Gasteiger partial charge in [0.2, 0.25) is 0 Å². The summed E-state index contributed by atoms with van der Waals surface area (Å²) in [5.41, 5.74) is 3.59. The van der Waals surface area contributed by atoms with Crippen molar-refractivity contribution in [3.8, 4) is 11.3 Å². The number of para-hydroxylation sites is 1. The van der Waals surface area contributed by atoms with Crippen LogP contribution in [0.2, 0.25) is 0 Å². The molecule has 0 saturated heterocycles. The molecular weight excluding hydrogens is 362 g/mol. The molecule has 3 rings (SSSR count). The number of hydrazone groups is 1. The van der Waals surface area contributed by atoms with Gasteiger partial charge in [0.05, 0.1) is 16.7 Å². The SMILES string of the molecule is CC(C)(C)c1cc(C(=O)NN=Cc2ccc(-c3ccccc3[N+](=O)[O-])o2)n[nH]1. The number of rotatable bonds is 5. The number of nitrogens with one attached hydrogen (secondary N) is 2. The van der Waals surface area contributed by atoms with Crippen molar-refractivity contribution < 1.29 is 14.1 Å². The summed E-state index contributed by atoms with van der Waals surface area (Å²) >= 11 is 0. The van der Waals surface area contributed by atoms with Crippen LogP contribution in [-0.4, -0.2) is 27.2 Å². The number of nitro groups is 1. The van der Waals surface area contributed by atoms with Gasteiger partial charge < -0.3 is 4.42 Å². The summed E-state index contributed by atoms with van der Waals surface area (Å²) in [6.07, 6.45) is 1.31. The van der Waals surface area contributed by atoms with Gasteiger partial charge in [-0.25, -0.2) is 5.43 Å². The molecule has 3 aromatic rings. The first-order chi connectivity index (χ1) is 13.3. The summed E-state index contributed by atoms with van der Waals surface area (Å²) in [6, 6.07) is 11.2. The third-order valence-electron chi connectivity index (χ3n) is 3.97. The van der Waals surface area contributed by atoms with E-state index >= 15 is 0 Å². The van der Waals surface area contributed by atoms with Crippen molar-refractivity contribution in [3.63, 3.8) is 0 Å². The van der Waals surface area contributed by atoms with Gasteiger partial charge >= 0.3 is 0 Å². The highest BCUT2D eigenvalue weighted by Gasteiger charge is 2.19. The lowest BCUT2D eigenvalue weighted by molar-refractivity contribution is -0.384. The summed E-state index contributed by atoms with van der Waals surface area (Å²) in [5, 5.41) is 21.8. The molecule has 9 nitrogen and oxygen atoms in total. The highest BCUT2D eigenvalue weighted by Crippen LogP contribution is 2.30. The van der Waals surface area contributed by atoms with Crippen LogP contribution in [0, 0.1) is 10.1 Å². The van der Waals surface area contributed by atoms with Crippen LogP contribution in [0.5, 0.6) is 0 Å². The third kappa shape index (κ3) is 4.14. The number of aromatic amines is 1. The molecule has 144 valence electrons. The molecule has 1 aromatic carbocycles. The van der Waals surface area contributed by atoms with Gasteiger partial charge in [-0.15, -0.1) is 0 Å². The second-order valence-electron chi connectivity index (χ2n) is 7.09. The fourth-order valence-corrected chi connectivity index (χ4v) is 2.44. The predicted octanol–water partition coefficient (Wildman–Crippen LogP) is 3.64. The highest BCUT2D eigenvalue weighted by molar-refractivity contribution is 5.93. The van der Waals surface area contributed by atoms with E-state index < -0.39 is 10.8 Å². The summed E-state index contributed by atoms with van der Waals surface area (Å²) < 4.78 is 5.57. The van der Waals surface area contributed by atoms with Gasteiger partial charge in [0, 0.05) is 17.2 Å². The molecule has 0 saturated carbocycles. The zero-order valence-electron chi connectivity index (χ0n) is 15.6. The molecular formula is C19H19N5O4. The number of hydrogen-bond donors (Lipinski definition) is 2. The van der Waals surface area contributed by atoms with E-state index in [0.717, 1.165) is 5.69 Å². The molecule has 28 heavy (non-hydrogen) atoms. The normalized spacial score (nSPS) is 11.7. The van der Waals surface area contributed by atoms with Gasteiger partial charge in [-0.3, -0.25) is 20.0 Å². The predicted molar refractivity (Wildman–Crippen MR) is 103 cm³/mol. The van der Waals surface area contributed by atoms with E-state index in [0.29, 0.717) is 17.1 Å². The van der Waals surface area contributed by atoms with E-state index in [9.17, 15) is 14.9 Å². The maximum atomic E-state index is 12.1. The largest absolute Gasteiger partial charge is 0.455 e. The Morgan fingerprint density at radius 2 is 2.04 bits per heavy atom. The molecule has 0 atom stereocenters. The van der Waals surface area contributed by atoms with Gasteiger partial charge in [-0.2, -0.15) is 10.2 Å². The third-order valence-corrected chi connectivity index (χ3v) is 3.97. The van der Waals surface area contributed by atoms with Crippen LogP contribution in [0.4, 0.5) is 5.69 Å². The molecule has 9 heteroatoms. The van der Waals surface area contributed by atoms with Crippen LogP contribution in [-0.2, 0) is 5.41 Å². The van der Waals surface area contributed by atoms with Crippen LogP contribution in [0.3, 0.4) is 0 Å². The Morgan fingerprint density at radius 1 is 1.29 bits per heavy atom. The molecule has 0 unspecified atom stereocenters. The van der Waals surface area contributed by atoms with Crippen LogP contribution >= 0.6 is 0 Å². The van der Waals surface area contributed by atoms with Crippen LogP contribution in [0.15, 0.2) is 52.0 Å². The Bertz CT molecular complexity index is 1040. The minimum atomic E-state index is -0.471. The number of carbonyl (C=O) groups excluding carboxylic acids is 1. The number of benzene rings is 1. The molecule has 0 aliphatic carbocycles. The monoisotopic (exact) mass is 381 g/mol. The van der Waals surface area contributed by atoms with Crippen molar-refractivity contribution in [2.75, 3.05) is 0 Å². The number of hydrogen-bond acceptors (Lipinski definition) is 6. The Morgan fingerprint density at radius 3 is 2.71 bits per heavy atom. The zero-order valence-corrected chi connectivity index (χ0v) is 15.6. The van der Waals surface area contributed by atoms with Crippen LogP contribution < -0.4 is 5.43 Å². The molecule has 2 heterocycles. The fourth-order valence-electron chi connectivity index (χ4n) is 2.44. The minimum Gasteiger partial charge on any atom is -0.455 e. The zero-order chi connectivity index (χ0) is 20.3. The van der Waals surface area contributed by atoms with E-state index in [1.165, 1.54) is 12.3 Å². The average molecular weight is 381 g/mol. The van der Waals surface area contributed by atoms with Gasteiger partial charge in [-0.1, -0.05) is 32.9 Å².